The highest BCUT2D eigenvalue weighted by atomic mass is 31.2. The van der Waals surface area contributed by atoms with E-state index in [-0.39, 0.29) is 18.9 Å². The van der Waals surface area contributed by atoms with Gasteiger partial charge < -0.3 is 28.8 Å². The number of carbonyl (C=O) groups excluding carboxylic acids is 1. The number of aliphatic hydroxyl groups excluding tert-OH is 1. The van der Waals surface area contributed by atoms with Gasteiger partial charge in [0, 0.05) is 6.42 Å². The third-order valence-electron chi connectivity index (χ3n) is 9.53. The lowest BCUT2D eigenvalue weighted by Crippen LogP contribution is -2.45. The normalized spacial score (nSPS) is 15.2. The zero-order chi connectivity index (χ0) is 43.6. The second kappa shape index (κ2) is 40.8. The van der Waals surface area contributed by atoms with Crippen LogP contribution in [-0.2, 0) is 18.4 Å². The predicted molar refractivity (Wildman–Crippen MR) is 251 cm³/mol. The van der Waals surface area contributed by atoms with E-state index in [1.807, 2.05) is 27.2 Å². The molecule has 338 valence electrons. The Bertz CT molecular complexity index is 1280. The number of unbranched alkanes of at least 4 members (excludes halogenated alkanes) is 13. The van der Waals surface area contributed by atoms with Gasteiger partial charge in [0.15, 0.2) is 0 Å². The number of quaternary nitrogens is 1. The molecule has 0 aliphatic heterocycles. The standard InChI is InChI=1S/C50H87N2O6P/c1-6-8-10-12-14-16-18-20-22-24-25-26-27-28-30-32-34-36-38-40-42-44-50(54)51-48(47-58-59(55,56)57-46-45-52(3,4)5)49(53)43-41-39-37-35-33-31-29-23-21-19-17-15-13-11-9-7-2/h8,10,14,16,20,22,25-26,28,30,33-36,41,43,48-49,53H,6-7,9,11-13,15,17-19,21,23-24,27,29,31-32,37-40,42,44-47H2,1-5H3,(H-,51,54,55,56)/b10-8-,16-14-,22-20-,26-25-,30-28-,35-33+,36-34-,43-41+. The SMILES string of the molecule is CC/C=C\C/C=C\C/C=C\C/C=C\C/C=C\C/C=C\CCCCC(=O)NC(COP(=O)([O-])OCC[N+](C)(C)C)C(O)/C=C/CC/C=C/CCCCCCCCCCCC. The number of nitrogens with one attached hydrogen (secondary N) is 1. The van der Waals surface area contributed by atoms with Crippen LogP contribution in [0.3, 0.4) is 0 Å². The molecule has 0 fully saturated rings. The molecule has 0 spiro atoms. The number of amides is 1. The van der Waals surface area contributed by atoms with Crippen molar-refractivity contribution < 1.29 is 32.9 Å². The first-order valence-corrected chi connectivity index (χ1v) is 24.6. The van der Waals surface area contributed by atoms with Crippen LogP contribution in [0, 0.1) is 0 Å². The topological polar surface area (TPSA) is 108 Å². The molecule has 0 aliphatic rings. The van der Waals surface area contributed by atoms with Crippen LogP contribution >= 0.6 is 7.82 Å². The summed E-state index contributed by atoms with van der Waals surface area (Å²) >= 11 is 0. The zero-order valence-corrected chi connectivity index (χ0v) is 39.1. The minimum absolute atomic E-state index is 0.0206. The van der Waals surface area contributed by atoms with Crippen molar-refractivity contribution >= 4 is 13.7 Å². The Morgan fingerprint density at radius 1 is 0.610 bits per heavy atom. The molecular formula is C50H87N2O6P. The lowest BCUT2D eigenvalue weighted by atomic mass is 10.1. The first-order chi connectivity index (χ1) is 28.5. The van der Waals surface area contributed by atoms with E-state index in [2.05, 4.69) is 104 Å². The largest absolute Gasteiger partial charge is 0.756 e. The number of hydrogen-bond donors (Lipinski definition) is 2. The second-order valence-corrected chi connectivity index (χ2v) is 17.8. The summed E-state index contributed by atoms with van der Waals surface area (Å²) in [5.74, 6) is -0.254. The van der Waals surface area contributed by atoms with Crippen molar-refractivity contribution in [3.05, 3.63) is 97.2 Å². The van der Waals surface area contributed by atoms with E-state index < -0.39 is 26.6 Å². The van der Waals surface area contributed by atoms with Crippen molar-refractivity contribution in [2.24, 2.45) is 0 Å². The Balaban J connectivity index is 4.56. The van der Waals surface area contributed by atoms with Crippen molar-refractivity contribution in [3.8, 4) is 0 Å². The number of allylic oxidation sites excluding steroid dienone is 15. The Morgan fingerprint density at radius 3 is 1.58 bits per heavy atom. The summed E-state index contributed by atoms with van der Waals surface area (Å²) < 4.78 is 23.2. The van der Waals surface area contributed by atoms with Gasteiger partial charge in [-0.2, -0.15) is 0 Å². The third-order valence-corrected chi connectivity index (χ3v) is 10.5. The Kier molecular flexibility index (Phi) is 39.0. The van der Waals surface area contributed by atoms with Crippen molar-refractivity contribution in [2.75, 3.05) is 40.9 Å². The number of carbonyl (C=O) groups is 1. The van der Waals surface area contributed by atoms with Crippen LogP contribution in [-0.4, -0.2) is 68.5 Å². The summed E-state index contributed by atoms with van der Waals surface area (Å²) in [6, 6.07) is -0.932. The van der Waals surface area contributed by atoms with E-state index in [0.717, 1.165) is 70.6 Å². The molecule has 8 nitrogen and oxygen atoms in total. The minimum Gasteiger partial charge on any atom is -0.756 e. The molecule has 0 aromatic carbocycles. The maximum Gasteiger partial charge on any atom is 0.268 e. The van der Waals surface area contributed by atoms with Crippen LogP contribution in [0.2, 0.25) is 0 Å². The highest BCUT2D eigenvalue weighted by Crippen LogP contribution is 2.38. The molecule has 2 N–H and O–H groups in total. The monoisotopic (exact) mass is 843 g/mol. The number of aliphatic hydroxyl groups is 1. The molecule has 0 radical (unpaired) electrons. The van der Waals surface area contributed by atoms with Crippen LogP contribution in [0.1, 0.15) is 162 Å². The summed E-state index contributed by atoms with van der Waals surface area (Å²) in [5, 5.41) is 13.7. The van der Waals surface area contributed by atoms with Crippen molar-refractivity contribution in [1.29, 1.82) is 0 Å². The molecule has 0 saturated heterocycles. The van der Waals surface area contributed by atoms with E-state index in [1.54, 1.807) is 6.08 Å². The molecule has 1 amide bonds. The molecule has 3 unspecified atom stereocenters. The average molecular weight is 843 g/mol. The smallest absolute Gasteiger partial charge is 0.268 e. The summed E-state index contributed by atoms with van der Waals surface area (Å²) in [6.45, 7) is 4.45. The summed E-state index contributed by atoms with van der Waals surface area (Å²) in [5.41, 5.74) is 0. The van der Waals surface area contributed by atoms with Gasteiger partial charge in [0.05, 0.1) is 39.9 Å². The molecule has 3 atom stereocenters. The number of nitrogens with zero attached hydrogens (tertiary/aromatic N) is 1. The number of phosphoric ester groups is 1. The van der Waals surface area contributed by atoms with E-state index >= 15 is 0 Å². The summed E-state index contributed by atoms with van der Waals surface area (Å²) in [7, 11) is 1.20. The van der Waals surface area contributed by atoms with Crippen LogP contribution in [0.5, 0.6) is 0 Å². The Morgan fingerprint density at radius 2 is 1.05 bits per heavy atom. The molecule has 59 heavy (non-hydrogen) atoms. The number of rotatable bonds is 40. The van der Waals surface area contributed by atoms with E-state index in [4.69, 9.17) is 9.05 Å². The fourth-order valence-electron chi connectivity index (χ4n) is 5.87. The Hall–Kier alpha value is -2.58. The maximum absolute atomic E-state index is 12.9. The minimum atomic E-state index is -4.62. The first-order valence-electron chi connectivity index (χ1n) is 23.1. The van der Waals surface area contributed by atoms with Gasteiger partial charge in [0.2, 0.25) is 5.91 Å². The van der Waals surface area contributed by atoms with Gasteiger partial charge in [0.1, 0.15) is 13.2 Å². The molecule has 9 heteroatoms. The molecule has 0 saturated carbocycles. The van der Waals surface area contributed by atoms with Gasteiger partial charge in [-0.15, -0.1) is 0 Å². The number of likely N-dealkylation sites (N-methyl/N-ethyl adjacent to an activating group) is 1. The molecule has 0 aromatic rings. The third kappa shape index (κ3) is 43.3. The van der Waals surface area contributed by atoms with Crippen molar-refractivity contribution in [1.82, 2.24) is 5.32 Å². The maximum atomic E-state index is 12.9. The van der Waals surface area contributed by atoms with Crippen molar-refractivity contribution in [2.45, 2.75) is 174 Å². The van der Waals surface area contributed by atoms with Gasteiger partial charge in [0.25, 0.3) is 7.82 Å². The molecule has 0 rings (SSSR count). The zero-order valence-electron chi connectivity index (χ0n) is 38.2. The summed E-state index contributed by atoms with van der Waals surface area (Å²) in [6.07, 6.45) is 57.5. The van der Waals surface area contributed by atoms with Crippen LogP contribution in [0.25, 0.3) is 0 Å². The molecular weight excluding hydrogens is 756 g/mol. The van der Waals surface area contributed by atoms with Gasteiger partial charge >= 0.3 is 0 Å². The Labute approximate surface area is 362 Å². The molecule has 0 bridgehead atoms. The molecule has 0 heterocycles. The van der Waals surface area contributed by atoms with Gasteiger partial charge in [-0.3, -0.25) is 9.36 Å². The number of phosphoric acid groups is 1. The molecule has 0 aromatic heterocycles. The number of hydrogen-bond acceptors (Lipinski definition) is 6. The quantitative estimate of drug-likeness (QED) is 0.0275. The fourth-order valence-corrected chi connectivity index (χ4v) is 6.60. The van der Waals surface area contributed by atoms with Crippen molar-refractivity contribution in [3.63, 3.8) is 0 Å². The van der Waals surface area contributed by atoms with Gasteiger partial charge in [-0.1, -0.05) is 169 Å². The van der Waals surface area contributed by atoms with E-state index in [1.165, 1.54) is 64.2 Å². The lowest BCUT2D eigenvalue weighted by molar-refractivity contribution is -0.870. The second-order valence-electron chi connectivity index (χ2n) is 16.4. The van der Waals surface area contributed by atoms with E-state index in [9.17, 15) is 19.4 Å². The predicted octanol–water partition coefficient (Wildman–Crippen LogP) is 12.5. The van der Waals surface area contributed by atoms with E-state index in [0.29, 0.717) is 17.4 Å². The highest BCUT2D eigenvalue weighted by Gasteiger charge is 2.23. The fraction of sp³-hybridized carbons (Fsp3) is 0.660. The van der Waals surface area contributed by atoms with Crippen LogP contribution < -0.4 is 10.2 Å². The molecule has 0 aliphatic carbocycles. The highest BCUT2D eigenvalue weighted by molar-refractivity contribution is 7.45. The van der Waals surface area contributed by atoms with Crippen LogP contribution in [0.4, 0.5) is 0 Å². The first kappa shape index (κ1) is 56.4. The van der Waals surface area contributed by atoms with Gasteiger partial charge in [-0.25, -0.2) is 0 Å². The average Bonchev–Trinajstić information content (AvgIpc) is 3.19. The summed E-state index contributed by atoms with van der Waals surface area (Å²) in [4.78, 5) is 25.3. The van der Waals surface area contributed by atoms with Crippen LogP contribution in [0.15, 0.2) is 97.2 Å². The lowest BCUT2D eigenvalue weighted by Gasteiger charge is -2.29. The van der Waals surface area contributed by atoms with Gasteiger partial charge in [-0.05, 0) is 83.5 Å².